The van der Waals surface area contributed by atoms with Gasteiger partial charge in [0.2, 0.25) is 5.91 Å². The molecule has 0 saturated carbocycles. The number of hydrogen-bond acceptors (Lipinski definition) is 6. The molecule has 45 heavy (non-hydrogen) atoms. The van der Waals surface area contributed by atoms with Gasteiger partial charge in [0.05, 0.1) is 24.3 Å². The summed E-state index contributed by atoms with van der Waals surface area (Å²) in [5.41, 5.74) is 3.62. The molecule has 4 N–H and O–H groups in total. The van der Waals surface area contributed by atoms with Gasteiger partial charge in [0.15, 0.2) is 5.60 Å². The van der Waals surface area contributed by atoms with Crippen LogP contribution in [0.3, 0.4) is 0 Å². The van der Waals surface area contributed by atoms with Crippen molar-refractivity contribution >= 4 is 34.1 Å². The summed E-state index contributed by atoms with van der Waals surface area (Å²) >= 11 is 0. The Hall–Kier alpha value is -5.06. The molecule has 2 atom stereocenters. The quantitative estimate of drug-likeness (QED) is 0.155. The first-order valence-electron chi connectivity index (χ1n) is 15.1. The molecule has 0 bridgehead atoms. The summed E-state index contributed by atoms with van der Waals surface area (Å²) in [4.78, 5) is 31.7. The molecule has 1 aliphatic rings. The summed E-state index contributed by atoms with van der Waals surface area (Å²) in [6, 6.07) is 22.7. The van der Waals surface area contributed by atoms with Crippen LogP contribution < -0.4 is 10.2 Å². The number of nitrogens with one attached hydrogen (secondary N) is 2. The lowest BCUT2D eigenvalue weighted by molar-refractivity contribution is -0.139. The maximum atomic E-state index is 13.9. The van der Waals surface area contributed by atoms with Crippen LogP contribution in [0.15, 0.2) is 97.3 Å². The molecule has 0 aliphatic carbocycles. The van der Waals surface area contributed by atoms with E-state index in [4.69, 9.17) is 5.11 Å². The molecule has 10 nitrogen and oxygen atoms in total. The number of amides is 2. The highest BCUT2D eigenvalue weighted by atomic mass is 16.3. The summed E-state index contributed by atoms with van der Waals surface area (Å²) in [5.74, 6) is -1.02. The van der Waals surface area contributed by atoms with Crippen molar-refractivity contribution in [3.8, 4) is 0 Å². The number of hydrogen-bond donors (Lipinski definition) is 4. The van der Waals surface area contributed by atoms with Crippen LogP contribution in [0.1, 0.15) is 35.7 Å². The highest BCUT2D eigenvalue weighted by Gasteiger charge is 2.52. The Morgan fingerprint density at radius 3 is 2.80 bits per heavy atom. The normalized spacial score (nSPS) is 16.9. The van der Waals surface area contributed by atoms with E-state index in [-0.39, 0.29) is 31.4 Å². The van der Waals surface area contributed by atoms with Crippen LogP contribution in [0.4, 0.5) is 11.4 Å². The lowest BCUT2D eigenvalue weighted by Crippen LogP contribution is -2.44. The fourth-order valence-corrected chi connectivity index (χ4v) is 5.97. The molecule has 0 unspecified atom stereocenters. The second-order valence-electron chi connectivity index (χ2n) is 11.4. The largest absolute Gasteiger partial charge is 0.396 e. The summed E-state index contributed by atoms with van der Waals surface area (Å²) in [6.45, 7) is 2.69. The molecule has 6 rings (SSSR count). The molecular formula is C35H36N6O4. The first kappa shape index (κ1) is 30.0. The highest BCUT2D eigenvalue weighted by molar-refractivity contribution is 6.07. The van der Waals surface area contributed by atoms with Gasteiger partial charge in [0.1, 0.15) is 0 Å². The van der Waals surface area contributed by atoms with Crippen LogP contribution in [-0.2, 0) is 41.1 Å². The molecular weight excluding hydrogens is 568 g/mol. The average Bonchev–Trinajstić information content (AvgIpc) is 3.73. The number of benzene rings is 3. The zero-order chi connectivity index (χ0) is 31.4. The lowest BCUT2D eigenvalue weighted by atomic mass is 9.83. The van der Waals surface area contributed by atoms with E-state index < -0.39 is 11.5 Å². The van der Waals surface area contributed by atoms with Crippen LogP contribution >= 0.6 is 0 Å². The fraction of sp³-hybridized carbons (Fsp3) is 0.257. The van der Waals surface area contributed by atoms with E-state index in [0.29, 0.717) is 36.3 Å². The Morgan fingerprint density at radius 2 is 1.93 bits per heavy atom. The molecule has 5 aromatic rings. The number of anilines is 2. The molecule has 0 fully saturated rings. The molecule has 0 radical (unpaired) electrons. The third-order valence-electron chi connectivity index (χ3n) is 8.32. The van der Waals surface area contributed by atoms with E-state index in [9.17, 15) is 14.7 Å². The van der Waals surface area contributed by atoms with Crippen LogP contribution in [0.25, 0.3) is 10.9 Å². The summed E-state index contributed by atoms with van der Waals surface area (Å²) < 4.78 is 1.71. The Bertz CT molecular complexity index is 1860. The molecule has 3 heterocycles. The van der Waals surface area contributed by atoms with Crippen molar-refractivity contribution in [2.75, 3.05) is 16.8 Å². The molecule has 0 saturated heterocycles. The minimum Gasteiger partial charge on any atom is -0.396 e. The van der Waals surface area contributed by atoms with E-state index >= 15 is 0 Å². The predicted molar refractivity (Wildman–Crippen MR) is 172 cm³/mol. The van der Waals surface area contributed by atoms with Gasteiger partial charge in [-0.1, -0.05) is 72.8 Å². The molecule has 3 aromatic carbocycles. The number of aliphatic hydroxyl groups excluding tert-OH is 1. The molecule has 1 aliphatic heterocycles. The van der Waals surface area contributed by atoms with E-state index in [1.165, 1.54) is 0 Å². The van der Waals surface area contributed by atoms with Crippen LogP contribution in [0.5, 0.6) is 0 Å². The number of fused-ring (bicyclic) bond motifs is 2. The minimum absolute atomic E-state index is 0.0235. The average molecular weight is 605 g/mol. The molecule has 2 aromatic heterocycles. The SMILES string of the molecule is C[C@@H](/C=C/CCn1cc(CCO)nn1)[C@]1(O)C(=O)N(Cc2cccc(NC(=O)Cc3c[nH]c4ccccc34)c2)c2ccccc21. The summed E-state index contributed by atoms with van der Waals surface area (Å²) in [7, 11) is 0. The van der Waals surface area contributed by atoms with Crippen molar-refractivity contribution in [2.45, 2.75) is 44.9 Å². The van der Waals surface area contributed by atoms with Gasteiger partial charge >= 0.3 is 0 Å². The van der Waals surface area contributed by atoms with Crippen LogP contribution in [-0.4, -0.2) is 48.6 Å². The summed E-state index contributed by atoms with van der Waals surface area (Å²) in [6.07, 6.45) is 8.81. The van der Waals surface area contributed by atoms with Gasteiger partial charge in [-0.25, -0.2) is 0 Å². The van der Waals surface area contributed by atoms with Crippen LogP contribution in [0.2, 0.25) is 0 Å². The smallest absolute Gasteiger partial charge is 0.264 e. The number of carbonyl (C=O) groups is 2. The fourth-order valence-electron chi connectivity index (χ4n) is 5.97. The molecule has 230 valence electrons. The maximum Gasteiger partial charge on any atom is 0.264 e. The van der Waals surface area contributed by atoms with Gasteiger partial charge in [-0.05, 0) is 41.8 Å². The number of nitrogens with zero attached hydrogens (tertiary/aromatic N) is 4. The van der Waals surface area contributed by atoms with Crippen molar-refractivity contribution in [1.82, 2.24) is 20.0 Å². The first-order valence-corrected chi connectivity index (χ1v) is 15.1. The third-order valence-corrected chi connectivity index (χ3v) is 8.32. The second-order valence-corrected chi connectivity index (χ2v) is 11.4. The third kappa shape index (κ3) is 6.15. The number of carbonyl (C=O) groups excluding carboxylic acids is 2. The lowest BCUT2D eigenvalue weighted by Gasteiger charge is -2.27. The number of aryl methyl sites for hydroxylation is 1. The number of allylic oxidation sites excluding steroid dienone is 1. The highest BCUT2D eigenvalue weighted by Crippen LogP contribution is 2.45. The predicted octanol–water partition coefficient (Wildman–Crippen LogP) is 4.49. The van der Waals surface area contributed by atoms with E-state index in [1.807, 2.05) is 92.0 Å². The number of aliphatic hydroxyl groups is 2. The minimum atomic E-state index is -1.72. The van der Waals surface area contributed by atoms with E-state index in [1.54, 1.807) is 21.8 Å². The zero-order valence-corrected chi connectivity index (χ0v) is 25.1. The Labute approximate surface area is 261 Å². The number of aromatic nitrogens is 4. The number of rotatable bonds is 12. The molecule has 10 heteroatoms. The van der Waals surface area contributed by atoms with Crippen molar-refractivity contribution in [3.05, 3.63) is 120 Å². The first-order chi connectivity index (χ1) is 21.9. The second kappa shape index (κ2) is 12.9. The van der Waals surface area contributed by atoms with Crippen LogP contribution in [0, 0.1) is 5.92 Å². The number of aromatic amines is 1. The van der Waals surface area contributed by atoms with Gasteiger partial charge in [-0.15, -0.1) is 5.10 Å². The standard InChI is InChI=1S/C35H36N6O4/c1-24(9-6-7-17-40-23-28(16-18-42)38-39-40)35(45)30-13-3-5-15-32(30)41(34(35)44)22-25-10-8-11-27(19-25)37-33(43)20-26-21-36-31-14-4-2-12-29(26)31/h2-6,8-15,19,21,23-24,36,42,45H,7,16-18,20,22H2,1H3,(H,37,43)/b9-6+/t24-,35+/m0/s1. The van der Waals surface area contributed by atoms with E-state index in [0.717, 1.165) is 27.7 Å². The maximum absolute atomic E-state index is 13.9. The van der Waals surface area contributed by atoms with Gasteiger partial charge in [0, 0.05) is 60.0 Å². The number of H-pyrrole nitrogens is 1. The monoisotopic (exact) mass is 604 g/mol. The molecule has 2 amide bonds. The Balaban J connectivity index is 1.13. The molecule has 0 spiro atoms. The van der Waals surface area contributed by atoms with Crippen molar-refractivity contribution in [3.63, 3.8) is 0 Å². The van der Waals surface area contributed by atoms with Gasteiger partial charge in [-0.3, -0.25) is 14.3 Å². The number of para-hydroxylation sites is 2. The van der Waals surface area contributed by atoms with Crippen molar-refractivity contribution in [2.24, 2.45) is 5.92 Å². The van der Waals surface area contributed by atoms with Gasteiger partial charge in [-0.2, -0.15) is 0 Å². The van der Waals surface area contributed by atoms with Gasteiger partial charge < -0.3 is 25.4 Å². The van der Waals surface area contributed by atoms with Crippen molar-refractivity contribution in [1.29, 1.82) is 0 Å². The van der Waals surface area contributed by atoms with Gasteiger partial charge in [0.25, 0.3) is 5.91 Å². The Kier molecular flexibility index (Phi) is 8.59. The zero-order valence-electron chi connectivity index (χ0n) is 25.1. The van der Waals surface area contributed by atoms with E-state index in [2.05, 4.69) is 20.6 Å². The van der Waals surface area contributed by atoms with Crippen molar-refractivity contribution < 1.29 is 19.8 Å². The topological polar surface area (TPSA) is 136 Å². The Morgan fingerprint density at radius 1 is 1.11 bits per heavy atom. The summed E-state index contributed by atoms with van der Waals surface area (Å²) in [5, 5.41) is 33.1.